The zero-order chi connectivity index (χ0) is 8.39. The monoisotopic (exact) mass is 181 g/mol. The zero-order valence-electron chi connectivity index (χ0n) is 7.25. The van der Waals surface area contributed by atoms with Gasteiger partial charge in [-0.25, -0.2) is 0 Å². The van der Waals surface area contributed by atoms with Crippen molar-refractivity contribution in [1.82, 2.24) is 0 Å². The maximum absolute atomic E-state index is 5.59. The number of hydrogen-bond donors (Lipinski definition) is 1. The van der Waals surface area contributed by atoms with Crippen molar-refractivity contribution in [1.29, 1.82) is 0 Å². The molecule has 1 nitrogen and oxygen atoms in total. The van der Waals surface area contributed by atoms with Gasteiger partial charge in [-0.05, 0) is 55.2 Å². The van der Waals surface area contributed by atoms with Crippen molar-refractivity contribution < 1.29 is 0 Å². The summed E-state index contributed by atoms with van der Waals surface area (Å²) in [6, 6.07) is 2.29. The lowest BCUT2D eigenvalue weighted by Crippen LogP contribution is -2.11. The van der Waals surface area contributed by atoms with Gasteiger partial charge in [0.15, 0.2) is 0 Å². The van der Waals surface area contributed by atoms with E-state index in [2.05, 4.69) is 11.4 Å². The van der Waals surface area contributed by atoms with E-state index >= 15 is 0 Å². The molecule has 1 atom stereocenters. The van der Waals surface area contributed by atoms with Gasteiger partial charge >= 0.3 is 0 Å². The van der Waals surface area contributed by atoms with Gasteiger partial charge in [-0.15, -0.1) is 11.3 Å². The van der Waals surface area contributed by atoms with Crippen LogP contribution >= 0.6 is 11.3 Å². The molecule has 2 rings (SSSR count). The van der Waals surface area contributed by atoms with Crippen LogP contribution in [0.3, 0.4) is 0 Å². The Morgan fingerprint density at radius 2 is 2.50 bits per heavy atom. The number of hydrogen-bond acceptors (Lipinski definition) is 2. The molecule has 0 aromatic carbocycles. The molecule has 0 amide bonds. The van der Waals surface area contributed by atoms with Crippen LogP contribution in [0.5, 0.6) is 0 Å². The average molecular weight is 181 g/mol. The molecule has 2 heteroatoms. The third-order valence-corrected chi connectivity index (χ3v) is 3.69. The summed E-state index contributed by atoms with van der Waals surface area (Å²) < 4.78 is 0. The van der Waals surface area contributed by atoms with E-state index in [0.29, 0.717) is 0 Å². The van der Waals surface area contributed by atoms with Gasteiger partial charge in [-0.2, -0.15) is 0 Å². The van der Waals surface area contributed by atoms with E-state index in [9.17, 15) is 0 Å². The second-order valence-electron chi connectivity index (χ2n) is 3.47. The summed E-state index contributed by atoms with van der Waals surface area (Å²) in [5, 5.41) is 2.22. The number of aryl methyl sites for hydroxylation is 1. The SMILES string of the molecule is NCCC1CCCc2sccc21. The highest BCUT2D eigenvalue weighted by atomic mass is 32.1. The molecule has 0 bridgehead atoms. The van der Waals surface area contributed by atoms with E-state index in [4.69, 9.17) is 5.73 Å². The molecular weight excluding hydrogens is 166 g/mol. The number of thiophene rings is 1. The Labute approximate surface area is 77.6 Å². The van der Waals surface area contributed by atoms with Crippen LogP contribution in [-0.4, -0.2) is 6.54 Å². The summed E-state index contributed by atoms with van der Waals surface area (Å²) in [5.41, 5.74) is 7.18. The minimum atomic E-state index is 0.769. The molecule has 0 fully saturated rings. The van der Waals surface area contributed by atoms with Crippen molar-refractivity contribution >= 4 is 11.3 Å². The Morgan fingerprint density at radius 1 is 1.58 bits per heavy atom. The largest absolute Gasteiger partial charge is 0.330 e. The van der Waals surface area contributed by atoms with Crippen LogP contribution in [0, 0.1) is 0 Å². The van der Waals surface area contributed by atoms with Gasteiger partial charge in [-0.3, -0.25) is 0 Å². The van der Waals surface area contributed by atoms with Crippen LogP contribution < -0.4 is 5.73 Å². The molecule has 1 aliphatic carbocycles. The Balaban J connectivity index is 2.19. The summed E-state index contributed by atoms with van der Waals surface area (Å²) in [5.74, 6) is 0.769. The molecule has 1 unspecified atom stereocenters. The minimum Gasteiger partial charge on any atom is -0.330 e. The Hall–Kier alpha value is -0.340. The average Bonchev–Trinajstić information content (AvgIpc) is 2.53. The van der Waals surface area contributed by atoms with Gasteiger partial charge in [0, 0.05) is 4.88 Å². The van der Waals surface area contributed by atoms with Crippen LogP contribution in [0.2, 0.25) is 0 Å². The fraction of sp³-hybridized carbons (Fsp3) is 0.600. The molecule has 1 aliphatic rings. The van der Waals surface area contributed by atoms with Crippen molar-refractivity contribution in [3.8, 4) is 0 Å². The van der Waals surface area contributed by atoms with Gasteiger partial charge in [-0.1, -0.05) is 0 Å². The van der Waals surface area contributed by atoms with Crippen LogP contribution in [0.25, 0.3) is 0 Å². The van der Waals surface area contributed by atoms with E-state index in [1.165, 1.54) is 25.7 Å². The van der Waals surface area contributed by atoms with Crippen molar-refractivity contribution in [2.75, 3.05) is 6.54 Å². The predicted octanol–water partition coefficient (Wildman–Crippen LogP) is 2.52. The lowest BCUT2D eigenvalue weighted by molar-refractivity contribution is 0.532. The van der Waals surface area contributed by atoms with Crippen LogP contribution in [0.15, 0.2) is 11.4 Å². The predicted molar refractivity (Wildman–Crippen MR) is 53.7 cm³/mol. The first kappa shape index (κ1) is 8.27. The minimum absolute atomic E-state index is 0.769. The standard InChI is InChI=1S/C10H15NS/c11-6-4-8-2-1-3-10-9(8)5-7-12-10/h5,7-8H,1-4,6,11H2. The molecule has 1 aromatic rings. The van der Waals surface area contributed by atoms with E-state index in [1.54, 1.807) is 10.4 Å². The van der Waals surface area contributed by atoms with Crippen molar-refractivity contribution in [3.63, 3.8) is 0 Å². The highest BCUT2D eigenvalue weighted by Gasteiger charge is 2.19. The highest BCUT2D eigenvalue weighted by Crippen LogP contribution is 2.36. The van der Waals surface area contributed by atoms with Gasteiger partial charge in [0.2, 0.25) is 0 Å². The molecule has 0 aliphatic heterocycles. The normalized spacial score (nSPS) is 22.2. The first-order valence-corrected chi connectivity index (χ1v) is 5.56. The van der Waals surface area contributed by atoms with Crippen molar-refractivity contribution in [2.24, 2.45) is 5.73 Å². The molecule has 0 saturated carbocycles. The van der Waals surface area contributed by atoms with Crippen LogP contribution in [0.1, 0.15) is 35.6 Å². The number of fused-ring (bicyclic) bond motifs is 1. The maximum atomic E-state index is 5.59. The van der Waals surface area contributed by atoms with E-state index < -0.39 is 0 Å². The molecular formula is C10H15NS. The lowest BCUT2D eigenvalue weighted by Gasteiger charge is -2.21. The molecule has 0 radical (unpaired) electrons. The molecule has 66 valence electrons. The van der Waals surface area contributed by atoms with Crippen LogP contribution in [0.4, 0.5) is 0 Å². The summed E-state index contributed by atoms with van der Waals surface area (Å²) in [6.45, 7) is 0.833. The lowest BCUT2D eigenvalue weighted by atomic mass is 9.86. The molecule has 2 N–H and O–H groups in total. The summed E-state index contributed by atoms with van der Waals surface area (Å²) in [6.07, 6.45) is 5.18. The topological polar surface area (TPSA) is 26.0 Å². The fourth-order valence-electron chi connectivity index (χ4n) is 2.08. The number of nitrogens with two attached hydrogens (primary N) is 1. The first-order valence-electron chi connectivity index (χ1n) is 4.68. The van der Waals surface area contributed by atoms with Gasteiger partial charge < -0.3 is 5.73 Å². The smallest absolute Gasteiger partial charge is 0.00800 e. The quantitative estimate of drug-likeness (QED) is 0.745. The Morgan fingerprint density at radius 3 is 3.33 bits per heavy atom. The molecule has 12 heavy (non-hydrogen) atoms. The fourth-order valence-corrected chi connectivity index (χ4v) is 3.09. The second kappa shape index (κ2) is 3.58. The van der Waals surface area contributed by atoms with Gasteiger partial charge in [0.1, 0.15) is 0 Å². The highest BCUT2D eigenvalue weighted by molar-refractivity contribution is 7.10. The Bertz CT molecular complexity index is 254. The Kier molecular flexibility index (Phi) is 2.47. The van der Waals surface area contributed by atoms with Crippen molar-refractivity contribution in [3.05, 3.63) is 21.9 Å². The zero-order valence-corrected chi connectivity index (χ0v) is 8.07. The summed E-state index contributed by atoms with van der Waals surface area (Å²) in [4.78, 5) is 1.61. The summed E-state index contributed by atoms with van der Waals surface area (Å²) >= 11 is 1.91. The van der Waals surface area contributed by atoms with E-state index in [1.807, 2.05) is 11.3 Å². The third-order valence-electron chi connectivity index (χ3n) is 2.69. The number of rotatable bonds is 2. The second-order valence-corrected chi connectivity index (χ2v) is 4.47. The molecule has 1 heterocycles. The van der Waals surface area contributed by atoms with E-state index in [0.717, 1.165) is 12.5 Å². The molecule has 0 saturated heterocycles. The first-order chi connectivity index (χ1) is 5.92. The van der Waals surface area contributed by atoms with Crippen LogP contribution in [-0.2, 0) is 6.42 Å². The van der Waals surface area contributed by atoms with Gasteiger partial charge in [0.05, 0.1) is 0 Å². The molecule has 0 spiro atoms. The van der Waals surface area contributed by atoms with E-state index in [-0.39, 0.29) is 0 Å². The summed E-state index contributed by atoms with van der Waals surface area (Å²) in [7, 11) is 0. The van der Waals surface area contributed by atoms with Gasteiger partial charge in [0.25, 0.3) is 0 Å². The maximum Gasteiger partial charge on any atom is 0.00800 e. The third kappa shape index (κ3) is 1.41. The molecule has 1 aromatic heterocycles. The van der Waals surface area contributed by atoms with Crippen molar-refractivity contribution in [2.45, 2.75) is 31.6 Å².